The Morgan fingerprint density at radius 1 is 1.00 bits per heavy atom. The lowest BCUT2D eigenvalue weighted by Crippen LogP contribution is -2.03. The Kier molecular flexibility index (Phi) is 4.28. The van der Waals surface area contributed by atoms with Gasteiger partial charge in [0.1, 0.15) is 17.6 Å². The van der Waals surface area contributed by atoms with Gasteiger partial charge in [-0.1, -0.05) is 66.7 Å². The highest BCUT2D eigenvalue weighted by atomic mass is 16.5. The van der Waals surface area contributed by atoms with E-state index in [1.165, 1.54) is 6.07 Å². The number of ketones is 1. The van der Waals surface area contributed by atoms with Gasteiger partial charge >= 0.3 is 0 Å². The summed E-state index contributed by atoms with van der Waals surface area (Å²) in [7, 11) is 0. The number of allylic oxidation sites excluding steroid dienone is 1. The molecule has 1 N–H and O–H groups in total. The van der Waals surface area contributed by atoms with Gasteiger partial charge in [0.25, 0.3) is 0 Å². The number of phenolic OH excluding ortho intramolecular Hbond substituents is 1. The molecule has 0 aromatic heterocycles. The summed E-state index contributed by atoms with van der Waals surface area (Å²) in [6.45, 7) is 0. The Morgan fingerprint density at radius 3 is 2.42 bits per heavy atom. The molecule has 1 heterocycles. The molecular formula is C23H18O3. The normalized spacial score (nSPS) is 15.6. The Morgan fingerprint density at radius 2 is 1.69 bits per heavy atom. The summed E-state index contributed by atoms with van der Waals surface area (Å²) >= 11 is 0. The molecule has 0 amide bonds. The molecule has 3 aromatic rings. The van der Waals surface area contributed by atoms with Crippen molar-refractivity contribution in [1.29, 1.82) is 0 Å². The van der Waals surface area contributed by atoms with E-state index >= 15 is 0 Å². The Bertz CT molecular complexity index is 960. The third kappa shape index (κ3) is 3.24. The van der Waals surface area contributed by atoms with E-state index in [9.17, 15) is 9.90 Å². The second-order valence-electron chi connectivity index (χ2n) is 6.30. The minimum Gasteiger partial charge on any atom is -0.508 e. The Labute approximate surface area is 152 Å². The van der Waals surface area contributed by atoms with Crippen molar-refractivity contribution in [1.82, 2.24) is 0 Å². The van der Waals surface area contributed by atoms with E-state index in [2.05, 4.69) is 0 Å². The lowest BCUT2D eigenvalue weighted by molar-refractivity contribution is 0.104. The first-order chi connectivity index (χ1) is 12.7. The second-order valence-corrected chi connectivity index (χ2v) is 6.30. The molecule has 0 fully saturated rings. The molecule has 1 aliphatic rings. The summed E-state index contributed by atoms with van der Waals surface area (Å²) in [6, 6.07) is 22.7. The van der Waals surface area contributed by atoms with E-state index in [0.29, 0.717) is 17.7 Å². The average molecular weight is 342 g/mol. The van der Waals surface area contributed by atoms with Crippen LogP contribution in [0.1, 0.15) is 33.2 Å². The van der Waals surface area contributed by atoms with Crippen LogP contribution in [-0.4, -0.2) is 10.9 Å². The number of carbonyl (C=O) groups is 1. The van der Waals surface area contributed by atoms with E-state index in [0.717, 1.165) is 16.7 Å². The van der Waals surface area contributed by atoms with Gasteiger partial charge < -0.3 is 9.84 Å². The SMILES string of the molecule is O=C(/C=C/c1ccccc1)c1cc(O)cc2c1C[C@@H](c1ccccc1)O2. The third-order valence-electron chi connectivity index (χ3n) is 4.52. The van der Waals surface area contributed by atoms with Crippen molar-refractivity contribution in [2.45, 2.75) is 12.5 Å². The minimum atomic E-state index is -0.141. The van der Waals surface area contributed by atoms with E-state index in [4.69, 9.17) is 4.74 Å². The van der Waals surface area contributed by atoms with Crippen molar-refractivity contribution >= 4 is 11.9 Å². The van der Waals surface area contributed by atoms with Gasteiger partial charge in [0.15, 0.2) is 5.78 Å². The molecule has 3 nitrogen and oxygen atoms in total. The standard InChI is InChI=1S/C23H18O3/c24-18-13-19(21(25)12-11-16-7-3-1-4-8-16)20-15-22(26-23(20)14-18)17-9-5-2-6-10-17/h1-14,22,24H,15H2/b12-11+/t22-/m0/s1. The van der Waals surface area contributed by atoms with Crippen LogP contribution in [0.15, 0.2) is 78.9 Å². The first-order valence-electron chi connectivity index (χ1n) is 8.55. The number of carbonyl (C=O) groups excluding carboxylic acids is 1. The first-order valence-corrected chi connectivity index (χ1v) is 8.55. The summed E-state index contributed by atoms with van der Waals surface area (Å²) < 4.78 is 5.99. The molecule has 26 heavy (non-hydrogen) atoms. The zero-order chi connectivity index (χ0) is 17.9. The largest absolute Gasteiger partial charge is 0.508 e. The number of hydrogen-bond donors (Lipinski definition) is 1. The van der Waals surface area contributed by atoms with Crippen LogP contribution in [0.2, 0.25) is 0 Å². The molecule has 0 saturated carbocycles. The van der Waals surface area contributed by atoms with Crippen molar-refractivity contribution in [3.8, 4) is 11.5 Å². The zero-order valence-electron chi connectivity index (χ0n) is 14.1. The van der Waals surface area contributed by atoms with Crippen LogP contribution in [-0.2, 0) is 6.42 Å². The lowest BCUT2D eigenvalue weighted by Gasteiger charge is -2.10. The fourth-order valence-electron chi connectivity index (χ4n) is 3.23. The van der Waals surface area contributed by atoms with Crippen molar-refractivity contribution in [3.63, 3.8) is 0 Å². The van der Waals surface area contributed by atoms with Crippen LogP contribution in [0.25, 0.3) is 6.08 Å². The smallest absolute Gasteiger partial charge is 0.186 e. The molecule has 0 bridgehead atoms. The van der Waals surface area contributed by atoms with Crippen LogP contribution in [0.4, 0.5) is 0 Å². The lowest BCUT2D eigenvalue weighted by atomic mass is 9.96. The topological polar surface area (TPSA) is 46.5 Å². The summed E-state index contributed by atoms with van der Waals surface area (Å²) in [5, 5.41) is 10.0. The fourth-order valence-corrected chi connectivity index (χ4v) is 3.23. The van der Waals surface area contributed by atoms with E-state index in [1.54, 1.807) is 18.2 Å². The molecule has 1 atom stereocenters. The highest BCUT2D eigenvalue weighted by molar-refractivity contribution is 6.08. The van der Waals surface area contributed by atoms with Gasteiger partial charge in [0.05, 0.1) is 0 Å². The van der Waals surface area contributed by atoms with Crippen molar-refractivity contribution < 1.29 is 14.6 Å². The maximum atomic E-state index is 12.7. The predicted molar refractivity (Wildman–Crippen MR) is 101 cm³/mol. The van der Waals surface area contributed by atoms with Crippen molar-refractivity contribution in [3.05, 3.63) is 101 Å². The van der Waals surface area contributed by atoms with Gasteiger partial charge in [-0.3, -0.25) is 4.79 Å². The van der Waals surface area contributed by atoms with E-state index in [1.807, 2.05) is 60.7 Å². The number of rotatable bonds is 4. The van der Waals surface area contributed by atoms with E-state index in [-0.39, 0.29) is 17.6 Å². The van der Waals surface area contributed by atoms with Crippen LogP contribution >= 0.6 is 0 Å². The van der Waals surface area contributed by atoms with Crippen LogP contribution in [0, 0.1) is 0 Å². The second kappa shape index (κ2) is 6.89. The molecule has 0 spiro atoms. The molecule has 1 aliphatic heterocycles. The Hall–Kier alpha value is -3.33. The van der Waals surface area contributed by atoms with Gasteiger partial charge in [-0.15, -0.1) is 0 Å². The maximum Gasteiger partial charge on any atom is 0.186 e. The average Bonchev–Trinajstić information content (AvgIpc) is 3.11. The highest BCUT2D eigenvalue weighted by Gasteiger charge is 2.29. The molecule has 0 radical (unpaired) electrons. The molecule has 0 aliphatic carbocycles. The monoisotopic (exact) mass is 342 g/mol. The molecule has 0 saturated heterocycles. The number of fused-ring (bicyclic) bond motifs is 1. The summed E-state index contributed by atoms with van der Waals surface area (Å²) in [4.78, 5) is 12.7. The number of benzene rings is 3. The number of aromatic hydroxyl groups is 1. The third-order valence-corrected chi connectivity index (χ3v) is 4.52. The molecule has 3 heteroatoms. The quantitative estimate of drug-likeness (QED) is 0.538. The number of ether oxygens (including phenoxy) is 1. The summed E-state index contributed by atoms with van der Waals surface area (Å²) in [5.41, 5.74) is 3.35. The van der Waals surface area contributed by atoms with Gasteiger partial charge in [-0.2, -0.15) is 0 Å². The number of phenols is 1. The van der Waals surface area contributed by atoms with Crippen molar-refractivity contribution in [2.24, 2.45) is 0 Å². The molecule has 128 valence electrons. The molecular weight excluding hydrogens is 324 g/mol. The van der Waals surface area contributed by atoms with Crippen LogP contribution < -0.4 is 4.74 Å². The molecule has 0 unspecified atom stereocenters. The van der Waals surface area contributed by atoms with Gasteiger partial charge in [0, 0.05) is 23.6 Å². The minimum absolute atomic E-state index is 0.0360. The zero-order valence-corrected chi connectivity index (χ0v) is 14.1. The van der Waals surface area contributed by atoms with Gasteiger partial charge in [-0.05, 0) is 23.3 Å². The molecule has 4 rings (SSSR count). The first kappa shape index (κ1) is 16.2. The Balaban J connectivity index is 1.63. The van der Waals surface area contributed by atoms with Gasteiger partial charge in [0.2, 0.25) is 0 Å². The summed E-state index contributed by atoms with van der Waals surface area (Å²) in [5.74, 6) is 0.475. The maximum absolute atomic E-state index is 12.7. The molecule has 3 aromatic carbocycles. The van der Waals surface area contributed by atoms with Crippen LogP contribution in [0.3, 0.4) is 0 Å². The predicted octanol–water partition coefficient (Wildman–Crippen LogP) is 4.96. The van der Waals surface area contributed by atoms with Gasteiger partial charge in [-0.25, -0.2) is 0 Å². The van der Waals surface area contributed by atoms with Crippen LogP contribution in [0.5, 0.6) is 11.5 Å². The number of hydrogen-bond acceptors (Lipinski definition) is 3. The van der Waals surface area contributed by atoms with E-state index < -0.39 is 0 Å². The van der Waals surface area contributed by atoms with Crippen molar-refractivity contribution in [2.75, 3.05) is 0 Å². The summed E-state index contributed by atoms with van der Waals surface area (Å²) in [6.07, 6.45) is 3.79. The fraction of sp³-hybridized carbons (Fsp3) is 0.0870. The highest BCUT2D eigenvalue weighted by Crippen LogP contribution is 2.41.